The number of nitrogens with two attached hydrogens (primary N) is 1. The first kappa shape index (κ1) is 14.5. The molecule has 9 heteroatoms. The molecule has 0 aliphatic heterocycles. The van der Waals surface area contributed by atoms with Gasteiger partial charge in [-0.1, -0.05) is 27.2 Å². The largest absolute Gasteiger partial charge is 0.383 e. The van der Waals surface area contributed by atoms with Crippen molar-refractivity contribution < 1.29 is 4.52 Å². The van der Waals surface area contributed by atoms with Crippen LogP contribution in [0.2, 0.25) is 0 Å². The van der Waals surface area contributed by atoms with Gasteiger partial charge in [0.05, 0.1) is 11.3 Å². The second kappa shape index (κ2) is 5.85. The number of nitrogen functional groups attached to an aromatic ring is 1. The molecule has 0 aliphatic rings. The van der Waals surface area contributed by atoms with Crippen LogP contribution in [0.25, 0.3) is 28.7 Å². The summed E-state index contributed by atoms with van der Waals surface area (Å²) in [6.07, 6.45) is 4.72. The summed E-state index contributed by atoms with van der Waals surface area (Å²) in [6, 6.07) is 9.58. The summed E-state index contributed by atoms with van der Waals surface area (Å²) in [6.45, 7) is 0. The molecule has 2 N–H and O–H groups in total. The maximum absolute atomic E-state index is 5.80. The molecule has 0 bridgehead atoms. The molecule has 0 spiro atoms. The van der Waals surface area contributed by atoms with Crippen LogP contribution in [0.5, 0.6) is 0 Å². The standard InChI is InChI=1S/C15H10BrN7O/c16-9-2-1-3-10(6-9)23-5-4-12(21-23)15-20-14(22-24-15)11-7-18-8-19-13(11)17/h1-8H,(H2,17,18,19). The van der Waals surface area contributed by atoms with Gasteiger partial charge in [0.15, 0.2) is 5.69 Å². The van der Waals surface area contributed by atoms with Crippen molar-refractivity contribution in [1.82, 2.24) is 29.9 Å². The van der Waals surface area contributed by atoms with Crippen molar-refractivity contribution in [2.24, 2.45) is 0 Å². The molecule has 4 rings (SSSR count). The highest BCUT2D eigenvalue weighted by Crippen LogP contribution is 2.24. The second-order valence-electron chi connectivity index (χ2n) is 4.87. The molecule has 4 aromatic rings. The van der Waals surface area contributed by atoms with Crippen LogP contribution in [-0.4, -0.2) is 29.9 Å². The Kier molecular flexibility index (Phi) is 3.54. The van der Waals surface area contributed by atoms with E-state index in [1.54, 1.807) is 10.7 Å². The van der Waals surface area contributed by atoms with Crippen molar-refractivity contribution in [3.63, 3.8) is 0 Å². The van der Waals surface area contributed by atoms with Crippen LogP contribution in [-0.2, 0) is 0 Å². The van der Waals surface area contributed by atoms with Crippen molar-refractivity contribution >= 4 is 21.7 Å². The minimum absolute atomic E-state index is 0.289. The van der Waals surface area contributed by atoms with E-state index >= 15 is 0 Å². The van der Waals surface area contributed by atoms with E-state index in [1.807, 2.05) is 30.5 Å². The molecular formula is C15H10BrN7O. The first-order valence-corrected chi connectivity index (χ1v) is 7.71. The minimum Gasteiger partial charge on any atom is -0.383 e. The summed E-state index contributed by atoms with van der Waals surface area (Å²) in [4.78, 5) is 12.1. The van der Waals surface area contributed by atoms with Crippen LogP contribution in [0, 0.1) is 0 Å². The highest BCUT2D eigenvalue weighted by atomic mass is 79.9. The van der Waals surface area contributed by atoms with Gasteiger partial charge in [-0.2, -0.15) is 10.1 Å². The molecule has 0 amide bonds. The first-order chi connectivity index (χ1) is 11.7. The molecule has 24 heavy (non-hydrogen) atoms. The summed E-state index contributed by atoms with van der Waals surface area (Å²) in [5, 5.41) is 8.38. The zero-order valence-corrected chi connectivity index (χ0v) is 13.8. The fraction of sp³-hybridized carbons (Fsp3) is 0. The number of hydrogen-bond donors (Lipinski definition) is 1. The van der Waals surface area contributed by atoms with E-state index in [1.165, 1.54) is 12.5 Å². The van der Waals surface area contributed by atoms with Gasteiger partial charge in [0.2, 0.25) is 5.82 Å². The number of rotatable bonds is 3. The lowest BCUT2D eigenvalue weighted by Gasteiger charge is -2.00. The van der Waals surface area contributed by atoms with Crippen molar-refractivity contribution in [3.05, 3.63) is 53.5 Å². The van der Waals surface area contributed by atoms with E-state index in [9.17, 15) is 0 Å². The summed E-state index contributed by atoms with van der Waals surface area (Å²) in [7, 11) is 0. The molecule has 0 fully saturated rings. The lowest BCUT2D eigenvalue weighted by molar-refractivity contribution is 0.430. The third-order valence-electron chi connectivity index (χ3n) is 3.29. The van der Waals surface area contributed by atoms with E-state index in [0.29, 0.717) is 23.0 Å². The Labute approximate surface area is 144 Å². The molecule has 0 atom stereocenters. The van der Waals surface area contributed by atoms with Gasteiger partial charge in [-0.25, -0.2) is 14.6 Å². The third kappa shape index (κ3) is 2.65. The SMILES string of the molecule is Nc1ncncc1-c1noc(-c2ccn(-c3cccc(Br)c3)n2)n1. The lowest BCUT2D eigenvalue weighted by atomic mass is 10.3. The fourth-order valence-corrected chi connectivity index (χ4v) is 2.54. The predicted octanol–water partition coefficient (Wildman–Crippen LogP) is 2.72. The van der Waals surface area contributed by atoms with Crippen LogP contribution in [0.1, 0.15) is 0 Å². The minimum atomic E-state index is 0.289. The number of hydrogen-bond acceptors (Lipinski definition) is 7. The van der Waals surface area contributed by atoms with Crippen LogP contribution < -0.4 is 5.73 Å². The molecule has 0 aliphatic carbocycles. The molecule has 8 nitrogen and oxygen atoms in total. The second-order valence-corrected chi connectivity index (χ2v) is 5.79. The van der Waals surface area contributed by atoms with E-state index in [4.69, 9.17) is 10.3 Å². The van der Waals surface area contributed by atoms with Gasteiger partial charge < -0.3 is 10.3 Å². The average Bonchev–Trinajstić information content (AvgIpc) is 3.25. The van der Waals surface area contributed by atoms with Crippen LogP contribution in [0.4, 0.5) is 5.82 Å². The molecule has 1 aromatic carbocycles. The van der Waals surface area contributed by atoms with E-state index in [2.05, 4.69) is 41.1 Å². The van der Waals surface area contributed by atoms with Crippen molar-refractivity contribution in [3.8, 4) is 28.7 Å². The predicted molar refractivity (Wildman–Crippen MR) is 90.0 cm³/mol. The Morgan fingerprint density at radius 3 is 2.96 bits per heavy atom. The number of nitrogens with zero attached hydrogens (tertiary/aromatic N) is 6. The van der Waals surface area contributed by atoms with Crippen molar-refractivity contribution in [2.75, 3.05) is 5.73 Å². The van der Waals surface area contributed by atoms with Gasteiger partial charge >= 0.3 is 0 Å². The maximum atomic E-state index is 5.80. The Morgan fingerprint density at radius 2 is 2.12 bits per heavy atom. The monoisotopic (exact) mass is 383 g/mol. The maximum Gasteiger partial charge on any atom is 0.278 e. The van der Waals surface area contributed by atoms with Crippen LogP contribution >= 0.6 is 15.9 Å². The highest BCUT2D eigenvalue weighted by molar-refractivity contribution is 9.10. The van der Waals surface area contributed by atoms with E-state index in [-0.39, 0.29) is 5.82 Å². The normalized spacial score (nSPS) is 10.9. The molecule has 0 saturated heterocycles. The first-order valence-electron chi connectivity index (χ1n) is 6.92. The Bertz CT molecular complexity index is 1010. The van der Waals surface area contributed by atoms with E-state index < -0.39 is 0 Å². The topological polar surface area (TPSA) is 109 Å². The molecular weight excluding hydrogens is 374 g/mol. The summed E-state index contributed by atoms with van der Waals surface area (Å²) >= 11 is 3.44. The van der Waals surface area contributed by atoms with Crippen LogP contribution in [0.3, 0.4) is 0 Å². The van der Waals surface area contributed by atoms with Gasteiger partial charge in [-0.15, -0.1) is 0 Å². The highest BCUT2D eigenvalue weighted by Gasteiger charge is 2.15. The molecule has 0 unspecified atom stereocenters. The van der Waals surface area contributed by atoms with Gasteiger partial charge in [-0.05, 0) is 24.3 Å². The van der Waals surface area contributed by atoms with E-state index in [0.717, 1.165) is 10.2 Å². The zero-order chi connectivity index (χ0) is 16.5. The molecule has 0 radical (unpaired) electrons. The third-order valence-corrected chi connectivity index (χ3v) is 3.78. The molecule has 118 valence electrons. The average molecular weight is 384 g/mol. The summed E-state index contributed by atoms with van der Waals surface area (Å²) < 4.78 is 7.97. The molecule has 3 aromatic heterocycles. The van der Waals surface area contributed by atoms with Gasteiger partial charge in [0, 0.05) is 16.9 Å². The zero-order valence-electron chi connectivity index (χ0n) is 12.2. The van der Waals surface area contributed by atoms with Crippen LogP contribution in [0.15, 0.2) is 58.0 Å². The van der Waals surface area contributed by atoms with Gasteiger partial charge in [0.25, 0.3) is 5.89 Å². The Balaban J connectivity index is 1.68. The molecule has 0 saturated carbocycles. The number of benzene rings is 1. The number of halogens is 1. The number of anilines is 1. The van der Waals surface area contributed by atoms with Crippen molar-refractivity contribution in [2.45, 2.75) is 0 Å². The lowest BCUT2D eigenvalue weighted by Crippen LogP contribution is -1.96. The van der Waals surface area contributed by atoms with Gasteiger partial charge in [0.1, 0.15) is 12.1 Å². The summed E-state index contributed by atoms with van der Waals surface area (Å²) in [5.41, 5.74) is 7.78. The molecule has 3 heterocycles. The Morgan fingerprint density at radius 1 is 1.21 bits per heavy atom. The van der Waals surface area contributed by atoms with Gasteiger partial charge in [-0.3, -0.25) is 0 Å². The Hall–Kier alpha value is -3.07. The van der Waals surface area contributed by atoms with Crippen molar-refractivity contribution in [1.29, 1.82) is 0 Å². The smallest absolute Gasteiger partial charge is 0.278 e. The quantitative estimate of drug-likeness (QED) is 0.579. The number of aromatic nitrogens is 6. The summed E-state index contributed by atoms with van der Waals surface area (Å²) in [5.74, 6) is 0.902. The fourth-order valence-electron chi connectivity index (χ4n) is 2.15.